The van der Waals surface area contributed by atoms with Gasteiger partial charge in [-0.3, -0.25) is 10.1 Å². The molecule has 0 aliphatic heterocycles. The number of hydrogen-bond acceptors (Lipinski definition) is 5. The number of nitrogens with zero attached hydrogens (tertiary/aromatic N) is 3. The maximum atomic E-state index is 10.9. The Bertz CT molecular complexity index is 923. The van der Waals surface area contributed by atoms with Crippen LogP contribution in [-0.2, 0) is 0 Å². The second kappa shape index (κ2) is 6.82. The molecule has 0 bridgehead atoms. The number of benzene rings is 2. The fourth-order valence-electron chi connectivity index (χ4n) is 1.98. The zero-order chi connectivity index (χ0) is 17.1. The molecule has 0 N–H and O–H groups in total. The molecule has 24 heavy (non-hydrogen) atoms. The average molecular weight is 362 g/mol. The Kier molecular flexibility index (Phi) is 4.59. The van der Waals surface area contributed by atoms with Crippen molar-refractivity contribution in [3.05, 3.63) is 75.1 Å². The van der Waals surface area contributed by atoms with Crippen LogP contribution < -0.4 is 0 Å². The Hall–Kier alpha value is -2.70. The molecule has 1 heterocycles. The summed E-state index contributed by atoms with van der Waals surface area (Å²) < 4.78 is 5.52. The molecule has 0 spiro atoms. The van der Waals surface area contributed by atoms with Crippen LogP contribution in [0.15, 0.2) is 52.9 Å². The van der Waals surface area contributed by atoms with Crippen molar-refractivity contribution in [1.29, 1.82) is 0 Å². The second-order valence-corrected chi connectivity index (χ2v) is 5.55. The number of rotatable bonds is 4. The van der Waals surface area contributed by atoms with Crippen LogP contribution in [0, 0.1) is 10.1 Å². The normalized spacial score (nSPS) is 11.5. The molecular formula is C16H9Cl2N3O3. The van der Waals surface area contributed by atoms with Crippen molar-refractivity contribution in [2.45, 2.75) is 0 Å². The Morgan fingerprint density at radius 1 is 1.17 bits per heavy atom. The molecule has 6 nitrogen and oxygen atoms in total. The molecule has 0 aliphatic rings. The maximum absolute atomic E-state index is 10.9. The topological polar surface area (TPSA) is 82.1 Å². The minimum absolute atomic E-state index is 0.0532. The van der Waals surface area contributed by atoms with Crippen molar-refractivity contribution >= 4 is 40.0 Å². The molecular weight excluding hydrogens is 353 g/mol. The molecule has 0 saturated carbocycles. The lowest BCUT2D eigenvalue weighted by Crippen LogP contribution is -1.89. The summed E-state index contributed by atoms with van der Waals surface area (Å²) in [6, 6.07) is 13.6. The molecule has 3 rings (SSSR count). The lowest BCUT2D eigenvalue weighted by atomic mass is 10.2. The minimum atomic E-state index is -0.562. The molecule has 3 aromatic rings. The molecule has 120 valence electrons. The Labute approximate surface area is 146 Å². The van der Waals surface area contributed by atoms with E-state index in [2.05, 4.69) is 10.2 Å². The summed E-state index contributed by atoms with van der Waals surface area (Å²) in [6.45, 7) is 0. The van der Waals surface area contributed by atoms with Crippen molar-refractivity contribution in [3.63, 3.8) is 0 Å². The van der Waals surface area contributed by atoms with E-state index >= 15 is 0 Å². The molecule has 0 fully saturated rings. The van der Waals surface area contributed by atoms with Gasteiger partial charge in [0.25, 0.3) is 11.6 Å². The molecule has 0 radical (unpaired) electrons. The van der Waals surface area contributed by atoms with Crippen molar-refractivity contribution in [1.82, 2.24) is 10.2 Å². The van der Waals surface area contributed by atoms with Gasteiger partial charge in [0.05, 0.1) is 4.92 Å². The van der Waals surface area contributed by atoms with E-state index in [9.17, 15) is 10.1 Å². The van der Waals surface area contributed by atoms with Gasteiger partial charge in [-0.1, -0.05) is 47.5 Å². The molecule has 0 amide bonds. The molecule has 8 heteroatoms. The predicted molar refractivity (Wildman–Crippen MR) is 91.6 cm³/mol. The van der Waals surface area contributed by atoms with Crippen molar-refractivity contribution < 1.29 is 9.34 Å². The summed E-state index contributed by atoms with van der Waals surface area (Å²) in [5.74, 6) is 0.451. The van der Waals surface area contributed by atoms with E-state index in [1.165, 1.54) is 18.2 Å². The summed E-state index contributed by atoms with van der Waals surface area (Å²) in [5.41, 5.74) is 1.06. The first kappa shape index (κ1) is 16.2. The first-order chi connectivity index (χ1) is 11.5. The van der Waals surface area contributed by atoms with Gasteiger partial charge in [-0.05, 0) is 29.8 Å². The predicted octanol–water partition coefficient (Wildman–Crippen LogP) is 5.04. The van der Waals surface area contributed by atoms with E-state index in [0.29, 0.717) is 11.5 Å². The zero-order valence-electron chi connectivity index (χ0n) is 12.0. The SMILES string of the molecule is O=[N+]([O-])c1cc(/C=C(\Cl)c2nnc(-c3ccccc3)o2)ccc1Cl. The molecule has 1 aromatic heterocycles. The third-order valence-electron chi connectivity index (χ3n) is 3.11. The van der Waals surface area contributed by atoms with Gasteiger partial charge in [-0.15, -0.1) is 10.2 Å². The van der Waals surface area contributed by atoms with Crippen LogP contribution in [0.3, 0.4) is 0 Å². The lowest BCUT2D eigenvalue weighted by Gasteiger charge is -1.98. The molecule has 0 aliphatic carbocycles. The standard InChI is InChI=1S/C16H9Cl2N3O3/c17-12-7-6-10(9-14(12)21(22)23)8-13(18)16-20-19-15(24-16)11-4-2-1-3-5-11/h1-9H/b13-8-. The first-order valence-electron chi connectivity index (χ1n) is 6.75. The third kappa shape index (κ3) is 3.45. The van der Waals surface area contributed by atoms with E-state index in [1.807, 2.05) is 30.3 Å². The fraction of sp³-hybridized carbons (Fsp3) is 0. The minimum Gasteiger partial charge on any atom is -0.415 e. The highest BCUT2D eigenvalue weighted by molar-refractivity contribution is 6.50. The Morgan fingerprint density at radius 2 is 1.92 bits per heavy atom. The molecule has 0 saturated heterocycles. The zero-order valence-corrected chi connectivity index (χ0v) is 13.5. The number of aromatic nitrogens is 2. The van der Waals surface area contributed by atoms with Crippen LogP contribution in [0.4, 0.5) is 5.69 Å². The van der Waals surface area contributed by atoms with E-state index in [0.717, 1.165) is 5.56 Å². The lowest BCUT2D eigenvalue weighted by molar-refractivity contribution is -0.384. The summed E-state index contributed by atoms with van der Waals surface area (Å²) in [4.78, 5) is 10.4. The largest absolute Gasteiger partial charge is 0.415 e. The van der Waals surface area contributed by atoms with Gasteiger partial charge < -0.3 is 4.42 Å². The van der Waals surface area contributed by atoms with Crippen molar-refractivity contribution in [3.8, 4) is 11.5 Å². The highest BCUT2D eigenvalue weighted by Gasteiger charge is 2.14. The number of nitro benzene ring substituents is 1. The van der Waals surface area contributed by atoms with Gasteiger partial charge >= 0.3 is 0 Å². The van der Waals surface area contributed by atoms with Gasteiger partial charge in [0.15, 0.2) is 0 Å². The van der Waals surface area contributed by atoms with Crippen LogP contribution in [0.25, 0.3) is 22.6 Å². The van der Waals surface area contributed by atoms with Crippen LogP contribution in [0.5, 0.6) is 0 Å². The van der Waals surface area contributed by atoms with Crippen molar-refractivity contribution in [2.75, 3.05) is 0 Å². The summed E-state index contributed by atoms with van der Waals surface area (Å²) in [6.07, 6.45) is 1.49. The Morgan fingerprint density at radius 3 is 2.62 bits per heavy atom. The summed E-state index contributed by atoms with van der Waals surface area (Å²) >= 11 is 12.0. The highest BCUT2D eigenvalue weighted by atomic mass is 35.5. The number of nitro groups is 1. The van der Waals surface area contributed by atoms with Gasteiger partial charge in [0.1, 0.15) is 10.1 Å². The van der Waals surface area contributed by atoms with E-state index in [-0.39, 0.29) is 21.6 Å². The third-order valence-corrected chi connectivity index (χ3v) is 3.70. The van der Waals surface area contributed by atoms with E-state index in [4.69, 9.17) is 27.6 Å². The Balaban J connectivity index is 1.91. The summed E-state index contributed by atoms with van der Waals surface area (Å²) in [7, 11) is 0. The van der Waals surface area contributed by atoms with Gasteiger partial charge in [-0.25, -0.2) is 0 Å². The van der Waals surface area contributed by atoms with Gasteiger partial charge in [0, 0.05) is 11.6 Å². The monoisotopic (exact) mass is 361 g/mol. The quantitative estimate of drug-likeness (QED) is 0.480. The van der Waals surface area contributed by atoms with Crippen molar-refractivity contribution in [2.24, 2.45) is 0 Å². The average Bonchev–Trinajstić information content (AvgIpc) is 3.07. The first-order valence-corrected chi connectivity index (χ1v) is 7.50. The smallest absolute Gasteiger partial charge is 0.288 e. The molecule has 2 aromatic carbocycles. The summed E-state index contributed by atoms with van der Waals surface area (Å²) in [5, 5.41) is 19.0. The van der Waals surface area contributed by atoms with Crippen LogP contribution >= 0.6 is 23.2 Å². The molecule has 0 atom stereocenters. The van der Waals surface area contributed by atoms with E-state index in [1.54, 1.807) is 6.07 Å². The molecule has 0 unspecified atom stereocenters. The van der Waals surface area contributed by atoms with Gasteiger partial charge in [-0.2, -0.15) is 0 Å². The van der Waals surface area contributed by atoms with Gasteiger partial charge in [0.2, 0.25) is 5.89 Å². The highest BCUT2D eigenvalue weighted by Crippen LogP contribution is 2.29. The number of halogens is 2. The second-order valence-electron chi connectivity index (χ2n) is 4.74. The van der Waals surface area contributed by atoms with E-state index < -0.39 is 4.92 Å². The van der Waals surface area contributed by atoms with Crippen LogP contribution in [0.2, 0.25) is 5.02 Å². The fourth-order valence-corrected chi connectivity index (χ4v) is 2.37. The van der Waals surface area contributed by atoms with Crippen LogP contribution in [-0.4, -0.2) is 15.1 Å². The van der Waals surface area contributed by atoms with Crippen LogP contribution in [0.1, 0.15) is 11.5 Å². The maximum Gasteiger partial charge on any atom is 0.288 e. The number of hydrogen-bond donors (Lipinski definition) is 0.